The summed E-state index contributed by atoms with van der Waals surface area (Å²) in [5.74, 6) is -1.03. The molecule has 0 radical (unpaired) electrons. The highest BCUT2D eigenvalue weighted by atomic mass is 19.4. The van der Waals surface area contributed by atoms with Gasteiger partial charge in [0.05, 0.1) is 56.6 Å². The Morgan fingerprint density at radius 3 is 1.95 bits per heavy atom. The van der Waals surface area contributed by atoms with E-state index in [9.17, 15) is 27.6 Å². The van der Waals surface area contributed by atoms with Crippen LogP contribution in [0.1, 0.15) is 91.3 Å². The van der Waals surface area contributed by atoms with Crippen LogP contribution in [0.15, 0.2) is 85.1 Å². The largest absolute Gasteiger partial charge is 0.460 e. The average molecular weight is 879 g/mol. The first-order valence-corrected chi connectivity index (χ1v) is 21.4. The summed E-state index contributed by atoms with van der Waals surface area (Å²) >= 11 is 0. The quantitative estimate of drug-likeness (QED) is 0.0465. The summed E-state index contributed by atoms with van der Waals surface area (Å²) in [6, 6.07) is 21.0. The average Bonchev–Trinajstić information content (AvgIpc) is 3.25. The Bertz CT molecular complexity index is 2050. The topological polar surface area (TPSA) is 138 Å². The van der Waals surface area contributed by atoms with Crippen molar-refractivity contribution in [1.29, 1.82) is 0 Å². The fourth-order valence-corrected chi connectivity index (χ4v) is 6.41. The molecular formula is C48H61F3N4O8. The molecule has 15 heteroatoms. The van der Waals surface area contributed by atoms with Crippen LogP contribution in [0.25, 0.3) is 11.3 Å². The van der Waals surface area contributed by atoms with Crippen molar-refractivity contribution in [2.45, 2.75) is 78.6 Å². The summed E-state index contributed by atoms with van der Waals surface area (Å²) in [6.45, 7) is 14.6. The third kappa shape index (κ3) is 18.1. The fourth-order valence-electron chi connectivity index (χ4n) is 6.41. The maximum absolute atomic E-state index is 13.7. The van der Waals surface area contributed by atoms with Gasteiger partial charge >= 0.3 is 12.1 Å². The van der Waals surface area contributed by atoms with Gasteiger partial charge < -0.3 is 39.2 Å². The van der Waals surface area contributed by atoms with E-state index >= 15 is 0 Å². The predicted octanol–water partition coefficient (Wildman–Crippen LogP) is 8.92. The maximum atomic E-state index is 13.7. The number of halogens is 3. The number of ether oxygens (including phenoxy) is 5. The Morgan fingerprint density at radius 1 is 0.683 bits per heavy atom. The zero-order valence-corrected chi connectivity index (χ0v) is 37.0. The molecule has 0 saturated carbocycles. The van der Waals surface area contributed by atoms with Gasteiger partial charge in [-0.1, -0.05) is 24.3 Å². The Kier molecular flexibility index (Phi) is 20.5. The van der Waals surface area contributed by atoms with Gasteiger partial charge in [-0.2, -0.15) is 13.2 Å². The van der Waals surface area contributed by atoms with Crippen LogP contribution in [0.3, 0.4) is 0 Å². The van der Waals surface area contributed by atoms with Gasteiger partial charge in [0, 0.05) is 67.8 Å². The minimum Gasteiger partial charge on any atom is -0.460 e. The van der Waals surface area contributed by atoms with E-state index in [1.807, 2.05) is 71.0 Å². The fraction of sp³-hybridized carbons (Fsp3) is 0.458. The summed E-state index contributed by atoms with van der Waals surface area (Å²) in [5, 5.41) is 5.74. The van der Waals surface area contributed by atoms with Gasteiger partial charge in [-0.15, -0.1) is 0 Å². The third-order valence-corrected chi connectivity index (χ3v) is 9.53. The van der Waals surface area contributed by atoms with Crippen molar-refractivity contribution in [1.82, 2.24) is 10.3 Å². The van der Waals surface area contributed by atoms with Crippen LogP contribution in [0, 0.1) is 0 Å². The van der Waals surface area contributed by atoms with Crippen LogP contribution in [-0.4, -0.2) is 94.3 Å². The van der Waals surface area contributed by atoms with Crippen LogP contribution < -0.4 is 15.5 Å². The number of hydrogen-bond donors (Lipinski definition) is 2. The Hall–Kier alpha value is -5.35. The summed E-state index contributed by atoms with van der Waals surface area (Å²) in [7, 11) is 0. The van der Waals surface area contributed by atoms with Crippen molar-refractivity contribution in [3.05, 3.63) is 113 Å². The zero-order chi connectivity index (χ0) is 45.7. The molecule has 1 heterocycles. The second-order valence-corrected chi connectivity index (χ2v) is 15.6. The highest BCUT2D eigenvalue weighted by Crippen LogP contribution is 2.33. The molecule has 3 aromatic carbocycles. The van der Waals surface area contributed by atoms with Crippen LogP contribution in [0.2, 0.25) is 0 Å². The van der Waals surface area contributed by atoms with E-state index in [4.69, 9.17) is 23.7 Å². The second kappa shape index (κ2) is 25.7. The predicted molar refractivity (Wildman–Crippen MR) is 237 cm³/mol. The molecule has 1 aromatic heterocycles. The standard InChI is InChI=1S/C48H61F3N4O8/c1-6-55(7-2)40-18-19-42(41(33-40)43-32-38(20-21-52-43)45(57)53-34-36-13-9-16-39(31-36)48(49,50)51)54-46(58)37-15-8-12-35(30-37)14-10-22-59-24-26-61-28-29-62-27-25-60-23-11-17-44(56)63-47(3,4)5/h8-9,12-13,15-16,18-21,30-33H,6-7,10-11,14,17,22-29,34H2,1-5H3,(H,53,57)(H,54,58). The number of esters is 1. The molecule has 12 nitrogen and oxygen atoms in total. The van der Waals surface area contributed by atoms with Crippen molar-refractivity contribution >= 4 is 29.2 Å². The normalized spacial score (nSPS) is 11.6. The number of alkyl halides is 3. The number of pyridine rings is 1. The van der Waals surface area contributed by atoms with Crippen LogP contribution in [-0.2, 0) is 47.6 Å². The monoisotopic (exact) mass is 878 g/mol. The second-order valence-electron chi connectivity index (χ2n) is 15.6. The minimum absolute atomic E-state index is 0.0990. The van der Waals surface area contributed by atoms with Crippen molar-refractivity contribution in [2.24, 2.45) is 0 Å². The molecule has 0 atom stereocenters. The van der Waals surface area contributed by atoms with Gasteiger partial charge in [0.25, 0.3) is 11.8 Å². The van der Waals surface area contributed by atoms with E-state index in [1.165, 1.54) is 24.4 Å². The summed E-state index contributed by atoms with van der Waals surface area (Å²) in [5.41, 5.74) is 3.19. The number of aryl methyl sites for hydroxylation is 1. The summed E-state index contributed by atoms with van der Waals surface area (Å²) in [6.07, 6.45) is -0.631. The van der Waals surface area contributed by atoms with E-state index in [2.05, 4.69) is 20.5 Å². The van der Waals surface area contributed by atoms with Crippen molar-refractivity contribution < 1.29 is 51.2 Å². The molecule has 0 aliphatic carbocycles. The third-order valence-electron chi connectivity index (χ3n) is 9.53. The molecule has 4 aromatic rings. The van der Waals surface area contributed by atoms with E-state index in [1.54, 1.807) is 12.1 Å². The molecule has 0 unspecified atom stereocenters. The Balaban J connectivity index is 1.22. The highest BCUT2D eigenvalue weighted by Gasteiger charge is 2.30. The van der Waals surface area contributed by atoms with Gasteiger partial charge in [0.2, 0.25) is 0 Å². The molecule has 0 bridgehead atoms. The first-order valence-electron chi connectivity index (χ1n) is 21.4. The van der Waals surface area contributed by atoms with Crippen molar-refractivity contribution in [3.63, 3.8) is 0 Å². The molecule has 0 aliphatic heterocycles. The molecule has 0 saturated heterocycles. The molecular weight excluding hydrogens is 818 g/mol. The first kappa shape index (κ1) is 50.3. The Labute approximate surface area is 368 Å². The number of carbonyl (C=O) groups is 3. The van der Waals surface area contributed by atoms with Crippen molar-refractivity contribution in [2.75, 3.05) is 76.2 Å². The number of anilines is 2. The zero-order valence-electron chi connectivity index (χ0n) is 37.0. The Morgan fingerprint density at radius 2 is 1.30 bits per heavy atom. The lowest BCUT2D eigenvalue weighted by Gasteiger charge is -2.23. The molecule has 0 fully saturated rings. The lowest BCUT2D eigenvalue weighted by molar-refractivity contribution is -0.155. The molecule has 0 aliphatic rings. The van der Waals surface area contributed by atoms with Crippen molar-refractivity contribution in [3.8, 4) is 11.3 Å². The highest BCUT2D eigenvalue weighted by molar-refractivity contribution is 6.06. The van der Waals surface area contributed by atoms with Gasteiger partial charge in [0.15, 0.2) is 0 Å². The molecule has 63 heavy (non-hydrogen) atoms. The van der Waals surface area contributed by atoms with Gasteiger partial charge in [-0.25, -0.2) is 0 Å². The van der Waals surface area contributed by atoms with E-state index < -0.39 is 23.2 Å². The van der Waals surface area contributed by atoms with Crippen LogP contribution >= 0.6 is 0 Å². The number of nitrogens with one attached hydrogen (secondary N) is 2. The SMILES string of the molecule is CCN(CC)c1ccc(NC(=O)c2cccc(CCCOCCOCCOCCOCCCC(=O)OC(C)(C)C)c2)c(-c2cc(C(=O)NCc3cccc(C(F)(F)F)c3)ccn2)c1. The minimum atomic E-state index is -4.49. The van der Waals surface area contributed by atoms with Gasteiger partial charge in [0.1, 0.15) is 5.60 Å². The number of carbonyl (C=O) groups excluding carboxylic acids is 3. The smallest absolute Gasteiger partial charge is 0.416 e. The van der Waals surface area contributed by atoms with E-state index in [-0.39, 0.29) is 24.0 Å². The number of aromatic nitrogens is 1. The lowest BCUT2D eigenvalue weighted by atomic mass is 10.0. The first-order chi connectivity index (χ1) is 30.2. The number of amides is 2. The number of rotatable bonds is 26. The van der Waals surface area contributed by atoms with E-state index in [0.717, 1.165) is 42.9 Å². The molecule has 2 N–H and O–H groups in total. The van der Waals surface area contributed by atoms with E-state index in [0.29, 0.717) is 100 Å². The number of nitrogens with zero attached hydrogens (tertiary/aromatic N) is 2. The lowest BCUT2D eigenvalue weighted by Crippen LogP contribution is -2.23. The van der Waals surface area contributed by atoms with Crippen LogP contribution in [0.5, 0.6) is 0 Å². The summed E-state index contributed by atoms with van der Waals surface area (Å²) in [4.78, 5) is 45.3. The number of hydrogen-bond acceptors (Lipinski definition) is 10. The number of benzene rings is 3. The maximum Gasteiger partial charge on any atom is 0.416 e. The van der Waals surface area contributed by atoms with Gasteiger partial charge in [-0.05, 0) is 120 Å². The summed E-state index contributed by atoms with van der Waals surface area (Å²) < 4.78 is 67.3. The molecule has 342 valence electrons. The van der Waals surface area contributed by atoms with Crippen LogP contribution in [0.4, 0.5) is 24.5 Å². The molecule has 0 spiro atoms. The molecule has 4 rings (SSSR count). The molecule has 2 amide bonds. The van der Waals surface area contributed by atoms with Gasteiger partial charge in [-0.3, -0.25) is 19.4 Å².